The Hall–Kier alpha value is -2.56. The maximum atomic E-state index is 14.1. The van der Waals surface area contributed by atoms with Crippen molar-refractivity contribution in [3.8, 4) is 0 Å². The number of fused-ring (bicyclic) bond motifs is 1. The molecular formula is C20H24FN5O3S. The van der Waals surface area contributed by atoms with Crippen LogP contribution in [-0.2, 0) is 10.0 Å². The Balaban J connectivity index is 1.50. The molecule has 1 fully saturated rings. The van der Waals surface area contributed by atoms with E-state index >= 15 is 0 Å². The topological polar surface area (TPSA) is 99.8 Å². The Kier molecular flexibility index (Phi) is 5.48. The standard InChI is InChI=1S/C20H24FN5O3S/c1-13(2)17-10-15(21)18-11-22-20(24-26(17)18)23-16-8-9-25(12-19(16)27)30(28,29)14-6-4-3-5-7-14/h3-7,10-11,13,16,19,27H,8-9,12H2,1-2H3,(H,23,24)/t16-,19-/m1/s1. The lowest BCUT2D eigenvalue weighted by Crippen LogP contribution is -2.51. The number of nitrogens with one attached hydrogen (secondary N) is 1. The first kappa shape index (κ1) is 20.7. The average Bonchev–Trinajstić information content (AvgIpc) is 3.06. The average molecular weight is 434 g/mol. The third kappa shape index (κ3) is 3.78. The van der Waals surface area contributed by atoms with Crippen LogP contribution in [0.5, 0.6) is 0 Å². The van der Waals surface area contributed by atoms with Crippen molar-refractivity contribution in [2.75, 3.05) is 18.4 Å². The predicted octanol–water partition coefficient (Wildman–Crippen LogP) is 2.23. The van der Waals surface area contributed by atoms with Gasteiger partial charge in [-0.15, -0.1) is 5.10 Å². The summed E-state index contributed by atoms with van der Waals surface area (Å²) in [5, 5.41) is 18.0. The Bertz CT molecular complexity index is 1150. The van der Waals surface area contributed by atoms with Gasteiger partial charge in [-0.2, -0.15) is 4.31 Å². The number of hydrogen-bond acceptors (Lipinski definition) is 6. The molecule has 2 atom stereocenters. The third-order valence-electron chi connectivity index (χ3n) is 5.33. The van der Waals surface area contributed by atoms with E-state index in [1.165, 1.54) is 33.2 Å². The Morgan fingerprint density at radius 1 is 1.27 bits per heavy atom. The van der Waals surface area contributed by atoms with Gasteiger partial charge in [-0.25, -0.2) is 22.3 Å². The minimum atomic E-state index is -3.66. The first-order valence-corrected chi connectivity index (χ1v) is 11.3. The number of hydrogen-bond donors (Lipinski definition) is 2. The molecule has 3 heterocycles. The molecule has 0 amide bonds. The van der Waals surface area contributed by atoms with Crippen LogP contribution in [0, 0.1) is 5.82 Å². The molecule has 1 aromatic carbocycles. The zero-order chi connectivity index (χ0) is 21.5. The van der Waals surface area contributed by atoms with Crippen LogP contribution in [0.4, 0.5) is 10.3 Å². The zero-order valence-corrected chi connectivity index (χ0v) is 17.6. The van der Waals surface area contributed by atoms with E-state index < -0.39 is 22.2 Å². The molecule has 1 aliphatic heterocycles. The molecule has 0 aliphatic carbocycles. The second kappa shape index (κ2) is 7.93. The lowest BCUT2D eigenvalue weighted by molar-refractivity contribution is 0.0947. The number of rotatable bonds is 5. The molecule has 0 bridgehead atoms. The minimum Gasteiger partial charge on any atom is -0.390 e. The highest BCUT2D eigenvalue weighted by atomic mass is 32.2. The van der Waals surface area contributed by atoms with Crippen molar-refractivity contribution in [2.24, 2.45) is 0 Å². The summed E-state index contributed by atoms with van der Waals surface area (Å²) in [5.74, 6) is -0.0603. The first-order chi connectivity index (χ1) is 14.3. The molecule has 3 aromatic rings. The molecule has 2 N–H and O–H groups in total. The molecule has 160 valence electrons. The molecular weight excluding hydrogens is 409 g/mol. The molecule has 1 saturated heterocycles. The van der Waals surface area contributed by atoms with Gasteiger partial charge in [0.1, 0.15) is 5.52 Å². The maximum absolute atomic E-state index is 14.1. The zero-order valence-electron chi connectivity index (χ0n) is 16.7. The fraction of sp³-hybridized carbons (Fsp3) is 0.400. The summed E-state index contributed by atoms with van der Waals surface area (Å²) in [6.45, 7) is 4.11. The Morgan fingerprint density at radius 3 is 2.67 bits per heavy atom. The van der Waals surface area contributed by atoms with Crippen LogP contribution >= 0.6 is 0 Å². The third-order valence-corrected chi connectivity index (χ3v) is 7.21. The number of aliphatic hydroxyl groups is 1. The maximum Gasteiger partial charge on any atom is 0.243 e. The summed E-state index contributed by atoms with van der Waals surface area (Å²) < 4.78 is 42.4. The van der Waals surface area contributed by atoms with Gasteiger partial charge in [0.25, 0.3) is 0 Å². The van der Waals surface area contributed by atoms with Crippen molar-refractivity contribution in [2.45, 2.75) is 43.2 Å². The van der Waals surface area contributed by atoms with Gasteiger partial charge >= 0.3 is 0 Å². The lowest BCUT2D eigenvalue weighted by Gasteiger charge is -2.35. The van der Waals surface area contributed by atoms with Crippen molar-refractivity contribution in [3.05, 3.63) is 54.1 Å². The molecule has 8 nitrogen and oxygen atoms in total. The summed E-state index contributed by atoms with van der Waals surface area (Å²) in [4.78, 5) is 4.36. The quantitative estimate of drug-likeness (QED) is 0.640. The van der Waals surface area contributed by atoms with Gasteiger partial charge in [0, 0.05) is 18.8 Å². The Labute approximate surface area is 174 Å². The van der Waals surface area contributed by atoms with Crippen LogP contribution in [0.2, 0.25) is 0 Å². The summed E-state index contributed by atoms with van der Waals surface area (Å²) in [7, 11) is -3.66. The van der Waals surface area contributed by atoms with Crippen LogP contribution in [0.25, 0.3) is 5.52 Å². The fourth-order valence-corrected chi connectivity index (χ4v) is 5.14. The van der Waals surface area contributed by atoms with E-state index in [1.807, 2.05) is 13.8 Å². The SMILES string of the molecule is CC(C)c1cc(F)c2cnc(N[C@@H]3CCN(S(=O)(=O)c4ccccc4)C[C@H]3O)nn12. The lowest BCUT2D eigenvalue weighted by atomic mass is 10.0. The van der Waals surface area contributed by atoms with Gasteiger partial charge in [0.05, 0.1) is 23.2 Å². The Morgan fingerprint density at radius 2 is 2.00 bits per heavy atom. The van der Waals surface area contributed by atoms with Crippen LogP contribution in [0.3, 0.4) is 0 Å². The fourth-order valence-electron chi connectivity index (χ4n) is 3.65. The predicted molar refractivity (Wildman–Crippen MR) is 110 cm³/mol. The second-order valence-electron chi connectivity index (χ2n) is 7.73. The van der Waals surface area contributed by atoms with Gasteiger partial charge in [0.15, 0.2) is 5.82 Å². The van der Waals surface area contributed by atoms with Crippen molar-refractivity contribution in [3.63, 3.8) is 0 Å². The first-order valence-electron chi connectivity index (χ1n) is 9.81. The number of anilines is 1. The van der Waals surface area contributed by atoms with Crippen LogP contribution in [-0.4, -0.2) is 57.7 Å². The van der Waals surface area contributed by atoms with Crippen molar-refractivity contribution < 1.29 is 17.9 Å². The highest BCUT2D eigenvalue weighted by Crippen LogP contribution is 2.24. The molecule has 10 heteroatoms. The number of sulfonamides is 1. The van der Waals surface area contributed by atoms with E-state index in [9.17, 15) is 17.9 Å². The van der Waals surface area contributed by atoms with Crippen molar-refractivity contribution in [1.29, 1.82) is 0 Å². The van der Waals surface area contributed by atoms with Gasteiger partial charge < -0.3 is 10.4 Å². The molecule has 0 unspecified atom stereocenters. The summed E-state index contributed by atoms with van der Waals surface area (Å²) in [6, 6.07) is 9.19. The molecule has 1 aliphatic rings. The smallest absolute Gasteiger partial charge is 0.243 e. The number of β-amino-alcohol motifs (C(OH)–C–C–N with tert-alkyl or cyclic N) is 1. The molecule has 0 saturated carbocycles. The van der Waals surface area contributed by atoms with Gasteiger partial charge in [-0.1, -0.05) is 32.0 Å². The summed E-state index contributed by atoms with van der Waals surface area (Å²) in [6.07, 6.45) is 0.839. The van der Waals surface area contributed by atoms with E-state index in [1.54, 1.807) is 18.2 Å². The summed E-state index contributed by atoms with van der Waals surface area (Å²) >= 11 is 0. The van der Waals surface area contributed by atoms with Crippen LogP contribution in [0.15, 0.2) is 47.5 Å². The highest BCUT2D eigenvalue weighted by Gasteiger charge is 2.35. The number of piperidine rings is 1. The number of nitrogens with zero attached hydrogens (tertiary/aromatic N) is 4. The number of aromatic nitrogens is 3. The highest BCUT2D eigenvalue weighted by molar-refractivity contribution is 7.89. The van der Waals surface area contributed by atoms with Crippen molar-refractivity contribution >= 4 is 21.5 Å². The van der Waals surface area contributed by atoms with Crippen molar-refractivity contribution in [1.82, 2.24) is 18.9 Å². The van der Waals surface area contributed by atoms with E-state index in [2.05, 4.69) is 15.4 Å². The van der Waals surface area contributed by atoms with E-state index in [0.29, 0.717) is 6.42 Å². The van der Waals surface area contributed by atoms with E-state index in [4.69, 9.17) is 0 Å². The van der Waals surface area contributed by atoms with Gasteiger partial charge in [-0.05, 0) is 30.5 Å². The molecule has 2 aromatic heterocycles. The monoisotopic (exact) mass is 433 g/mol. The molecule has 30 heavy (non-hydrogen) atoms. The summed E-state index contributed by atoms with van der Waals surface area (Å²) in [5.41, 5.74) is 1.01. The second-order valence-corrected chi connectivity index (χ2v) is 9.67. The number of aliphatic hydroxyl groups excluding tert-OH is 1. The van der Waals surface area contributed by atoms with Gasteiger partial charge in [0.2, 0.25) is 16.0 Å². The van der Waals surface area contributed by atoms with Crippen LogP contribution in [0.1, 0.15) is 31.9 Å². The largest absolute Gasteiger partial charge is 0.390 e. The normalized spacial score (nSPS) is 20.7. The number of halogens is 1. The minimum absolute atomic E-state index is 0.0352. The van der Waals surface area contributed by atoms with Crippen LogP contribution < -0.4 is 5.32 Å². The molecule has 0 radical (unpaired) electrons. The number of benzene rings is 1. The molecule has 0 spiro atoms. The van der Waals surface area contributed by atoms with Gasteiger partial charge in [-0.3, -0.25) is 0 Å². The molecule has 4 rings (SSSR count). The van der Waals surface area contributed by atoms with E-state index in [0.717, 1.165) is 5.69 Å². The van der Waals surface area contributed by atoms with E-state index in [-0.39, 0.29) is 41.2 Å².